The quantitative estimate of drug-likeness (QED) is 0.428. The van der Waals surface area contributed by atoms with Crippen molar-refractivity contribution in [3.05, 3.63) is 58.1 Å². The maximum absolute atomic E-state index is 11.6. The zero-order valence-electron chi connectivity index (χ0n) is 14.6. The molecular weight excluding hydrogens is 340 g/mol. The van der Waals surface area contributed by atoms with E-state index in [0.717, 1.165) is 31.5 Å². The van der Waals surface area contributed by atoms with Crippen molar-refractivity contribution in [3.8, 4) is 0 Å². The van der Waals surface area contributed by atoms with Gasteiger partial charge < -0.3 is 26.8 Å². The molecule has 1 unspecified atom stereocenters. The van der Waals surface area contributed by atoms with Crippen LogP contribution in [0.3, 0.4) is 0 Å². The van der Waals surface area contributed by atoms with Crippen molar-refractivity contribution < 1.29 is 9.53 Å². The number of carbonyl (C=O) groups excluding carboxylic acids is 1. The number of nitrogens with zero attached hydrogens (tertiary/aromatic N) is 1. The Balaban J connectivity index is 2.28. The predicted octanol–water partition coefficient (Wildman–Crippen LogP) is 1.95. The summed E-state index contributed by atoms with van der Waals surface area (Å²) in [6, 6.07) is 7.51. The average Bonchev–Trinajstić information content (AvgIpc) is 2.58. The van der Waals surface area contributed by atoms with Crippen LogP contribution < -0.4 is 17.2 Å². The Labute approximate surface area is 153 Å². The fourth-order valence-corrected chi connectivity index (χ4v) is 3.40. The molecule has 0 spiro atoms. The topological polar surface area (TPSA) is 108 Å². The minimum atomic E-state index is -0.342. The van der Waals surface area contributed by atoms with E-state index in [1.807, 2.05) is 12.1 Å². The van der Waals surface area contributed by atoms with Crippen LogP contribution in [0.1, 0.15) is 35.7 Å². The number of esters is 1. The number of carbonyl (C=O) groups is 1. The van der Waals surface area contributed by atoms with Crippen LogP contribution in [-0.2, 0) is 10.2 Å². The number of hydrogen-bond donors (Lipinski definition) is 3. The number of rotatable bonds is 4. The summed E-state index contributed by atoms with van der Waals surface area (Å²) < 4.78 is 4.75. The van der Waals surface area contributed by atoms with Gasteiger partial charge in [-0.3, -0.25) is 0 Å². The third-order valence-corrected chi connectivity index (χ3v) is 4.72. The van der Waals surface area contributed by atoms with Crippen LogP contribution in [0.15, 0.2) is 47.0 Å². The van der Waals surface area contributed by atoms with E-state index < -0.39 is 0 Å². The van der Waals surface area contributed by atoms with Crippen LogP contribution in [0.2, 0.25) is 0 Å². The van der Waals surface area contributed by atoms with E-state index in [-0.39, 0.29) is 22.4 Å². The minimum absolute atomic E-state index is 0.109. The number of hydrogen-bond acceptors (Lipinski definition) is 6. The van der Waals surface area contributed by atoms with Crippen molar-refractivity contribution in [2.75, 3.05) is 20.2 Å². The molecule has 1 heterocycles. The molecule has 1 aromatic rings. The third kappa shape index (κ3) is 4.39. The lowest BCUT2D eigenvalue weighted by atomic mass is 9.75. The van der Waals surface area contributed by atoms with E-state index >= 15 is 0 Å². The molecule has 1 atom stereocenters. The van der Waals surface area contributed by atoms with Gasteiger partial charge in [0.05, 0.1) is 18.4 Å². The van der Waals surface area contributed by atoms with Crippen molar-refractivity contribution in [1.82, 2.24) is 4.90 Å². The fraction of sp³-hybridized carbons (Fsp3) is 0.389. The largest absolute Gasteiger partial charge is 0.465 e. The molecule has 2 rings (SSSR count). The van der Waals surface area contributed by atoms with Crippen molar-refractivity contribution in [3.63, 3.8) is 0 Å². The predicted molar refractivity (Wildman–Crippen MR) is 99.5 cm³/mol. The monoisotopic (exact) mass is 364 g/mol. The molecule has 0 saturated carbocycles. The number of methoxy groups -OCH3 is 1. The molecule has 1 fully saturated rings. The summed E-state index contributed by atoms with van der Waals surface area (Å²) in [5.41, 5.74) is 19.4. The number of piperidine rings is 1. The second-order valence-electron chi connectivity index (χ2n) is 6.52. The molecule has 6 N–H and O–H groups in total. The van der Waals surface area contributed by atoms with Crippen molar-refractivity contribution in [1.29, 1.82) is 0 Å². The van der Waals surface area contributed by atoms with Gasteiger partial charge in [0.15, 0.2) is 0 Å². The average molecular weight is 365 g/mol. The smallest absolute Gasteiger partial charge is 0.337 e. The summed E-state index contributed by atoms with van der Waals surface area (Å²) >= 11 is 5.81. The molecule has 0 aromatic heterocycles. The number of benzene rings is 1. The summed E-state index contributed by atoms with van der Waals surface area (Å²) in [4.78, 5) is 13.7. The highest BCUT2D eigenvalue weighted by atomic mass is 35.5. The molecule has 0 bridgehead atoms. The maximum atomic E-state index is 11.6. The summed E-state index contributed by atoms with van der Waals surface area (Å²) in [5.74, 6) is -0.153. The molecule has 6 nitrogen and oxygen atoms in total. The second-order valence-corrected chi connectivity index (χ2v) is 6.96. The highest BCUT2D eigenvalue weighted by Gasteiger charge is 2.33. The lowest BCUT2D eigenvalue weighted by Crippen LogP contribution is -2.44. The molecule has 0 radical (unpaired) electrons. The normalized spacial score (nSPS) is 20.9. The van der Waals surface area contributed by atoms with E-state index in [1.165, 1.54) is 7.11 Å². The van der Waals surface area contributed by atoms with Crippen LogP contribution in [0.25, 0.3) is 0 Å². The first-order valence-corrected chi connectivity index (χ1v) is 8.46. The number of ether oxygens (including phenoxy) is 1. The SMILES string of the molecule is COC(=O)c1ccc(C2(C)CCCN(C(/C=C(\N)Cl)=C(N)N)C2)cc1. The van der Waals surface area contributed by atoms with Gasteiger partial charge in [0.2, 0.25) is 0 Å². The molecule has 136 valence electrons. The third-order valence-electron chi connectivity index (χ3n) is 4.61. The Morgan fingerprint density at radius 3 is 2.44 bits per heavy atom. The molecule has 1 aliphatic heterocycles. The van der Waals surface area contributed by atoms with Crippen molar-refractivity contribution in [2.24, 2.45) is 17.2 Å². The highest BCUT2D eigenvalue weighted by molar-refractivity contribution is 6.29. The first kappa shape index (κ1) is 19.0. The van der Waals surface area contributed by atoms with Gasteiger partial charge >= 0.3 is 5.97 Å². The Bertz CT molecular complexity index is 692. The Morgan fingerprint density at radius 2 is 1.92 bits per heavy atom. The minimum Gasteiger partial charge on any atom is -0.465 e. The molecule has 1 aromatic carbocycles. The zero-order valence-corrected chi connectivity index (χ0v) is 15.3. The Hall–Kier alpha value is -2.34. The highest BCUT2D eigenvalue weighted by Crippen LogP contribution is 2.35. The van der Waals surface area contributed by atoms with E-state index in [0.29, 0.717) is 11.3 Å². The van der Waals surface area contributed by atoms with Gasteiger partial charge in [-0.15, -0.1) is 0 Å². The van der Waals surface area contributed by atoms with Crippen LogP contribution in [0.5, 0.6) is 0 Å². The summed E-state index contributed by atoms with van der Waals surface area (Å²) in [5, 5.41) is 0.137. The van der Waals surface area contributed by atoms with Gasteiger partial charge in [-0.2, -0.15) is 0 Å². The molecule has 7 heteroatoms. The number of halogens is 1. The van der Waals surface area contributed by atoms with Gasteiger partial charge in [-0.25, -0.2) is 4.79 Å². The molecule has 25 heavy (non-hydrogen) atoms. The van der Waals surface area contributed by atoms with Gasteiger partial charge in [0.25, 0.3) is 0 Å². The van der Waals surface area contributed by atoms with Gasteiger partial charge in [-0.05, 0) is 36.6 Å². The van der Waals surface area contributed by atoms with Gasteiger partial charge in [-0.1, -0.05) is 30.7 Å². The van der Waals surface area contributed by atoms with Crippen LogP contribution in [0.4, 0.5) is 0 Å². The molecule has 0 amide bonds. The summed E-state index contributed by atoms with van der Waals surface area (Å²) in [7, 11) is 1.37. The van der Waals surface area contributed by atoms with Crippen LogP contribution in [0, 0.1) is 0 Å². The van der Waals surface area contributed by atoms with Crippen LogP contribution >= 0.6 is 11.6 Å². The van der Waals surface area contributed by atoms with Gasteiger partial charge in [0, 0.05) is 18.5 Å². The Morgan fingerprint density at radius 1 is 1.28 bits per heavy atom. The number of allylic oxidation sites excluding steroid dienone is 1. The molecular formula is C18H25ClN4O2. The Kier molecular flexibility index (Phi) is 5.85. The van der Waals surface area contributed by atoms with E-state index in [2.05, 4.69) is 11.8 Å². The van der Waals surface area contributed by atoms with Crippen molar-refractivity contribution in [2.45, 2.75) is 25.2 Å². The zero-order chi connectivity index (χ0) is 18.6. The standard InChI is InChI=1S/C18H25ClN4O2/c1-18(13-6-4-12(5-7-13)17(24)25-2)8-3-9-23(11-18)14(16(21)22)10-15(19)20/h4-7,10H,3,8-9,11,20-22H2,1-2H3/b15-10-. The van der Waals surface area contributed by atoms with Crippen molar-refractivity contribution >= 4 is 17.6 Å². The van der Waals surface area contributed by atoms with Crippen LogP contribution in [-0.4, -0.2) is 31.1 Å². The first-order chi connectivity index (χ1) is 11.8. The summed E-state index contributed by atoms with van der Waals surface area (Å²) in [6.07, 6.45) is 3.57. The first-order valence-electron chi connectivity index (χ1n) is 8.08. The van der Waals surface area contributed by atoms with E-state index in [1.54, 1.807) is 18.2 Å². The maximum Gasteiger partial charge on any atom is 0.337 e. The summed E-state index contributed by atoms with van der Waals surface area (Å²) in [6.45, 7) is 3.73. The lowest BCUT2D eigenvalue weighted by molar-refractivity contribution is 0.0600. The molecule has 0 aliphatic carbocycles. The molecule has 1 aliphatic rings. The lowest BCUT2D eigenvalue weighted by Gasteiger charge is -2.42. The number of nitrogens with two attached hydrogens (primary N) is 3. The van der Waals surface area contributed by atoms with Gasteiger partial charge in [0.1, 0.15) is 11.0 Å². The fourth-order valence-electron chi connectivity index (χ4n) is 3.30. The number of likely N-dealkylation sites (tertiary alicyclic amines) is 1. The second kappa shape index (κ2) is 7.70. The van der Waals surface area contributed by atoms with E-state index in [9.17, 15) is 4.79 Å². The molecule has 1 saturated heterocycles. The van der Waals surface area contributed by atoms with E-state index in [4.69, 9.17) is 33.5 Å².